The molecule has 418 valence electrons. The van der Waals surface area contributed by atoms with E-state index in [0.29, 0.717) is 31.8 Å². The number of amides is 10. The fourth-order valence-electron chi connectivity index (χ4n) is 11.8. The van der Waals surface area contributed by atoms with Gasteiger partial charge in [0.1, 0.15) is 24.2 Å². The Hall–Kier alpha value is -5.01. The van der Waals surface area contributed by atoms with Crippen LogP contribution in [0.4, 0.5) is 9.59 Å². The van der Waals surface area contributed by atoms with Gasteiger partial charge in [-0.05, 0) is 112 Å². The third-order valence-corrected chi connectivity index (χ3v) is 16.8. The van der Waals surface area contributed by atoms with Crippen LogP contribution < -0.4 is 43.4 Å². The van der Waals surface area contributed by atoms with Crippen LogP contribution in [0.1, 0.15) is 162 Å². The predicted octanol–water partition coefficient (Wildman–Crippen LogP) is 3.21. The molecular formula is C54H92N10O10. The van der Waals surface area contributed by atoms with Crippen LogP contribution in [0, 0.1) is 57.2 Å². The highest BCUT2D eigenvalue weighted by Gasteiger charge is 2.71. The molecule has 20 heteroatoms. The summed E-state index contributed by atoms with van der Waals surface area (Å²) in [6.07, 6.45) is 5.34. The van der Waals surface area contributed by atoms with E-state index in [0.717, 1.165) is 38.5 Å². The van der Waals surface area contributed by atoms with E-state index >= 15 is 0 Å². The minimum absolute atomic E-state index is 0.0458. The fourth-order valence-corrected chi connectivity index (χ4v) is 11.8. The Bertz CT molecular complexity index is 2180. The Morgan fingerprint density at radius 1 is 0.568 bits per heavy atom. The highest BCUT2D eigenvalue weighted by molar-refractivity contribution is 6.37. The Balaban J connectivity index is 0.000000274. The standard InChI is InChI=1S/C27H47N5O5.C27H45N5O5/c2*1-25(2,3)20(30-24(37)31-26(4,5)6)23(36)32-13-15-17(27(15,7)8)18(32)22(35)29-16(19(33)21(28)34)12-14-10-9-11-14/h14-20,33H,9-13H2,1-8H3,(H2,28,34)(H,29,35)(H2,30,31,37);14-18,20H,9-13H2,1-8H3,(H2,28,34)(H,29,35)(H2,30,31,37)/t15-,16?,17-,18-,19?,20+;15-,16?,17-,18-,20+/m00/s1. The zero-order valence-electron chi connectivity index (χ0n) is 47.2. The fraction of sp³-hybridized carbons (Fsp3) is 0.833. The molecule has 0 spiro atoms. The van der Waals surface area contributed by atoms with Crippen molar-refractivity contribution < 1.29 is 48.3 Å². The summed E-state index contributed by atoms with van der Waals surface area (Å²) in [4.78, 5) is 120. The van der Waals surface area contributed by atoms with Gasteiger partial charge in [0, 0.05) is 24.2 Å². The summed E-state index contributed by atoms with van der Waals surface area (Å²) in [6.45, 7) is 31.5. The molecular weight excluding hydrogens is 949 g/mol. The van der Waals surface area contributed by atoms with Gasteiger partial charge in [0.2, 0.25) is 35.3 Å². The van der Waals surface area contributed by atoms with Crippen molar-refractivity contribution in [3.63, 3.8) is 0 Å². The second-order valence-corrected chi connectivity index (χ2v) is 27.9. The summed E-state index contributed by atoms with van der Waals surface area (Å²) in [5.74, 6) is -3.50. The second kappa shape index (κ2) is 21.5. The number of rotatable bonds is 16. The average Bonchev–Trinajstić information content (AvgIpc) is 3.66. The molecule has 11 atom stereocenters. The first-order valence-electron chi connectivity index (χ1n) is 26.9. The molecule has 3 unspecified atom stereocenters. The van der Waals surface area contributed by atoms with Crippen molar-refractivity contribution in [2.45, 2.75) is 216 Å². The third-order valence-electron chi connectivity index (χ3n) is 16.8. The minimum Gasteiger partial charge on any atom is -0.381 e. The lowest BCUT2D eigenvalue weighted by atomic mass is 9.79. The van der Waals surface area contributed by atoms with Gasteiger partial charge < -0.3 is 58.3 Å². The van der Waals surface area contributed by atoms with Crippen LogP contribution >= 0.6 is 0 Å². The Labute approximate surface area is 439 Å². The molecule has 0 aromatic heterocycles. The van der Waals surface area contributed by atoms with Crippen LogP contribution in [0.3, 0.4) is 0 Å². The van der Waals surface area contributed by atoms with Gasteiger partial charge >= 0.3 is 12.1 Å². The van der Waals surface area contributed by atoms with Crippen molar-refractivity contribution in [3.8, 4) is 0 Å². The van der Waals surface area contributed by atoms with E-state index in [1.165, 1.54) is 0 Å². The number of primary amides is 2. The molecule has 0 aromatic rings. The van der Waals surface area contributed by atoms with Crippen molar-refractivity contribution in [1.29, 1.82) is 0 Å². The van der Waals surface area contributed by atoms with E-state index in [4.69, 9.17) is 11.5 Å². The summed E-state index contributed by atoms with van der Waals surface area (Å²) in [5.41, 5.74) is 8.23. The first kappa shape index (κ1) is 59.9. The number of aliphatic hydroxyl groups is 1. The van der Waals surface area contributed by atoms with Crippen LogP contribution in [0.2, 0.25) is 0 Å². The molecule has 0 aromatic carbocycles. The topological polar surface area (TPSA) is 305 Å². The Morgan fingerprint density at radius 3 is 1.24 bits per heavy atom. The smallest absolute Gasteiger partial charge is 0.315 e. The number of piperidine rings is 2. The number of ketones is 1. The number of aliphatic hydroxyl groups excluding tert-OH is 1. The SMILES string of the molecule is CC(C)(C)NC(=O)N[C@H](C(=O)N1C[C@H]2[C@@H]([C@H]1C(=O)NC(CC1CCC1)C(=O)C(N)=O)C2(C)C)C(C)(C)C.CC(C)(C)NC(=O)N[C@H](C(=O)N1C[C@H]2[C@@H]([C@H]1C(=O)NC(CC1CCC1)C(O)C(N)=O)C2(C)C)C(C)(C)C. The molecule has 6 fully saturated rings. The molecule has 0 radical (unpaired) electrons. The zero-order valence-corrected chi connectivity index (χ0v) is 47.2. The molecule has 10 amide bonds. The van der Waals surface area contributed by atoms with Crippen LogP contribution in [-0.2, 0) is 33.6 Å². The van der Waals surface area contributed by atoms with Crippen LogP contribution in [-0.4, -0.2) is 135 Å². The molecule has 11 N–H and O–H groups in total. The van der Waals surface area contributed by atoms with E-state index in [9.17, 15) is 48.3 Å². The van der Waals surface area contributed by atoms with E-state index in [-0.39, 0.29) is 58.1 Å². The lowest BCUT2D eigenvalue weighted by molar-refractivity contribution is -0.145. The minimum atomic E-state index is -1.50. The van der Waals surface area contributed by atoms with Gasteiger partial charge in [0.15, 0.2) is 6.10 Å². The first-order valence-corrected chi connectivity index (χ1v) is 26.9. The number of hydrogen-bond donors (Lipinski definition) is 9. The summed E-state index contributed by atoms with van der Waals surface area (Å²) in [6, 6.07) is -5.99. The van der Waals surface area contributed by atoms with E-state index < -0.39 is 99.8 Å². The second-order valence-electron chi connectivity index (χ2n) is 27.9. The van der Waals surface area contributed by atoms with Gasteiger partial charge in [-0.1, -0.05) is 108 Å². The van der Waals surface area contributed by atoms with E-state index in [1.807, 2.05) is 83.1 Å². The van der Waals surface area contributed by atoms with Crippen molar-refractivity contribution >= 4 is 53.3 Å². The largest absolute Gasteiger partial charge is 0.381 e. The zero-order chi connectivity index (χ0) is 56.2. The maximum Gasteiger partial charge on any atom is 0.315 e. The Morgan fingerprint density at radius 2 is 0.932 bits per heavy atom. The van der Waals surface area contributed by atoms with Crippen molar-refractivity contribution in [2.24, 2.45) is 68.6 Å². The molecule has 2 heterocycles. The molecule has 6 aliphatic rings. The maximum atomic E-state index is 13.9. The van der Waals surface area contributed by atoms with Gasteiger partial charge in [-0.25, -0.2) is 9.59 Å². The summed E-state index contributed by atoms with van der Waals surface area (Å²) in [5, 5.41) is 27.5. The number of fused-ring (bicyclic) bond motifs is 2. The predicted molar refractivity (Wildman–Crippen MR) is 279 cm³/mol. The quantitative estimate of drug-likeness (QED) is 0.102. The summed E-state index contributed by atoms with van der Waals surface area (Å²) < 4.78 is 0. The molecule has 2 saturated heterocycles. The number of nitrogens with two attached hydrogens (primary N) is 2. The first-order chi connectivity index (χ1) is 33.7. The maximum absolute atomic E-state index is 13.9. The van der Waals surface area contributed by atoms with E-state index in [2.05, 4.69) is 59.6 Å². The number of Topliss-reactive ketones (excluding diaryl/α,β-unsaturated/α-hetero) is 1. The van der Waals surface area contributed by atoms with Crippen LogP contribution in [0.5, 0.6) is 0 Å². The van der Waals surface area contributed by atoms with Crippen molar-refractivity contribution in [2.75, 3.05) is 13.1 Å². The average molecular weight is 1040 g/mol. The highest BCUT2D eigenvalue weighted by Crippen LogP contribution is 2.66. The number of carbonyl (C=O) groups excluding carboxylic acids is 9. The highest BCUT2D eigenvalue weighted by atomic mass is 16.3. The monoisotopic (exact) mass is 1040 g/mol. The van der Waals surface area contributed by atoms with Gasteiger partial charge in [-0.15, -0.1) is 0 Å². The molecule has 4 saturated carbocycles. The van der Waals surface area contributed by atoms with Gasteiger partial charge in [0.25, 0.3) is 5.91 Å². The van der Waals surface area contributed by atoms with Crippen LogP contribution in [0.25, 0.3) is 0 Å². The number of nitrogens with zero attached hydrogens (tertiary/aromatic N) is 2. The van der Waals surface area contributed by atoms with Gasteiger partial charge in [-0.2, -0.15) is 0 Å². The molecule has 2 aliphatic heterocycles. The number of hydrogen-bond acceptors (Lipinski definition) is 10. The van der Waals surface area contributed by atoms with E-state index in [1.54, 1.807) is 9.80 Å². The number of likely N-dealkylation sites (tertiary alicyclic amines) is 2. The normalized spacial score (nSPS) is 26.8. The molecule has 6 rings (SSSR count). The molecule has 0 bridgehead atoms. The number of urea groups is 2. The Kier molecular flexibility index (Phi) is 17.4. The van der Waals surface area contributed by atoms with Crippen molar-refractivity contribution in [3.05, 3.63) is 0 Å². The molecule has 20 nitrogen and oxygen atoms in total. The van der Waals surface area contributed by atoms with Gasteiger partial charge in [-0.3, -0.25) is 33.6 Å². The summed E-state index contributed by atoms with van der Waals surface area (Å²) >= 11 is 0. The third kappa shape index (κ3) is 13.9. The number of carbonyl (C=O) groups is 9. The molecule has 4 aliphatic carbocycles. The molecule has 74 heavy (non-hydrogen) atoms. The lowest BCUT2D eigenvalue weighted by Crippen LogP contribution is -2.62. The van der Waals surface area contributed by atoms with Gasteiger partial charge in [0.05, 0.1) is 12.1 Å². The lowest BCUT2D eigenvalue weighted by Gasteiger charge is -2.39. The van der Waals surface area contributed by atoms with Crippen molar-refractivity contribution in [1.82, 2.24) is 41.7 Å². The summed E-state index contributed by atoms with van der Waals surface area (Å²) in [7, 11) is 0. The van der Waals surface area contributed by atoms with Crippen LogP contribution in [0.15, 0.2) is 0 Å². The number of nitrogens with one attached hydrogen (secondary N) is 6.